The van der Waals surface area contributed by atoms with Crippen LogP contribution in [-0.2, 0) is 10.0 Å². The molecule has 0 spiro atoms. The lowest BCUT2D eigenvalue weighted by Gasteiger charge is -2.11. The molecule has 1 unspecified atom stereocenters. The van der Waals surface area contributed by atoms with Crippen molar-refractivity contribution in [3.63, 3.8) is 0 Å². The van der Waals surface area contributed by atoms with Gasteiger partial charge in [0.15, 0.2) is 0 Å². The monoisotopic (exact) mass is 233 g/mol. The number of hydrogen-bond acceptors (Lipinski definition) is 2. The summed E-state index contributed by atoms with van der Waals surface area (Å²) in [4.78, 5) is 0. The highest BCUT2D eigenvalue weighted by Crippen LogP contribution is 2.24. The average molecular weight is 234 g/mol. The molecule has 1 atom stereocenters. The van der Waals surface area contributed by atoms with Crippen molar-refractivity contribution < 1.29 is 8.42 Å². The standard InChI is InChI=1S/C9H12ClNO2S/c1-7(6-14(11,12)13)8-4-2-3-5-9(8)10/h2-5,7H,6H2,1H3,(H2,11,12,13). The van der Waals surface area contributed by atoms with Crippen LogP contribution in [0.15, 0.2) is 24.3 Å². The summed E-state index contributed by atoms with van der Waals surface area (Å²) in [6.07, 6.45) is 0. The molecule has 1 aromatic carbocycles. The fourth-order valence-corrected chi connectivity index (χ4v) is 2.51. The molecule has 0 radical (unpaired) electrons. The summed E-state index contributed by atoms with van der Waals surface area (Å²) in [5, 5.41) is 5.53. The molecule has 0 saturated heterocycles. The maximum atomic E-state index is 10.9. The maximum Gasteiger partial charge on any atom is 0.209 e. The van der Waals surface area contributed by atoms with Crippen molar-refractivity contribution in [3.8, 4) is 0 Å². The third-order valence-corrected chi connectivity index (χ3v) is 3.23. The van der Waals surface area contributed by atoms with E-state index in [0.29, 0.717) is 5.02 Å². The predicted octanol–water partition coefficient (Wildman–Crippen LogP) is 1.73. The molecule has 0 aliphatic heterocycles. The molecule has 0 heterocycles. The molecule has 0 bridgehead atoms. The van der Waals surface area contributed by atoms with Gasteiger partial charge in [0.1, 0.15) is 0 Å². The van der Waals surface area contributed by atoms with E-state index >= 15 is 0 Å². The molecular formula is C9H12ClNO2S. The molecule has 78 valence electrons. The number of halogens is 1. The Bertz CT molecular complexity index is 417. The molecule has 0 amide bonds. The second kappa shape index (κ2) is 4.29. The summed E-state index contributed by atoms with van der Waals surface area (Å²) in [5.74, 6) is -0.268. The van der Waals surface area contributed by atoms with E-state index in [4.69, 9.17) is 16.7 Å². The van der Waals surface area contributed by atoms with Crippen molar-refractivity contribution in [1.82, 2.24) is 0 Å². The smallest absolute Gasteiger partial charge is 0.209 e. The van der Waals surface area contributed by atoms with Gasteiger partial charge in [0.2, 0.25) is 10.0 Å². The Hall–Kier alpha value is -0.580. The molecule has 0 aromatic heterocycles. The Morgan fingerprint density at radius 1 is 1.43 bits per heavy atom. The topological polar surface area (TPSA) is 60.2 Å². The lowest BCUT2D eigenvalue weighted by atomic mass is 10.0. The van der Waals surface area contributed by atoms with Gasteiger partial charge in [0, 0.05) is 5.02 Å². The molecule has 5 heteroatoms. The van der Waals surface area contributed by atoms with Gasteiger partial charge in [-0.1, -0.05) is 36.7 Å². The van der Waals surface area contributed by atoms with Gasteiger partial charge >= 0.3 is 0 Å². The van der Waals surface area contributed by atoms with Crippen LogP contribution in [0.2, 0.25) is 5.02 Å². The molecule has 0 aliphatic rings. The van der Waals surface area contributed by atoms with Crippen LogP contribution in [0, 0.1) is 0 Å². The van der Waals surface area contributed by atoms with Crippen LogP contribution < -0.4 is 5.14 Å². The number of benzene rings is 1. The van der Waals surface area contributed by atoms with E-state index in [1.54, 1.807) is 25.1 Å². The molecule has 1 aromatic rings. The van der Waals surface area contributed by atoms with Crippen LogP contribution in [0.5, 0.6) is 0 Å². The zero-order valence-electron chi connectivity index (χ0n) is 7.77. The first-order chi connectivity index (χ1) is 6.40. The Balaban J connectivity index is 2.90. The van der Waals surface area contributed by atoms with E-state index in [2.05, 4.69) is 0 Å². The maximum absolute atomic E-state index is 10.9. The van der Waals surface area contributed by atoms with E-state index in [9.17, 15) is 8.42 Å². The van der Waals surface area contributed by atoms with Crippen LogP contribution in [0.4, 0.5) is 0 Å². The first-order valence-corrected chi connectivity index (χ1v) is 6.24. The molecule has 2 N–H and O–H groups in total. The summed E-state index contributed by atoms with van der Waals surface area (Å²) < 4.78 is 21.7. The van der Waals surface area contributed by atoms with Gasteiger partial charge < -0.3 is 0 Å². The number of nitrogens with two attached hydrogens (primary N) is 1. The molecule has 0 saturated carbocycles. The van der Waals surface area contributed by atoms with Crippen molar-refractivity contribution in [1.29, 1.82) is 0 Å². The number of rotatable bonds is 3. The van der Waals surface area contributed by atoms with Crippen molar-refractivity contribution in [2.75, 3.05) is 5.75 Å². The van der Waals surface area contributed by atoms with Gasteiger partial charge in [0.05, 0.1) is 5.75 Å². The van der Waals surface area contributed by atoms with Crippen LogP contribution in [-0.4, -0.2) is 14.2 Å². The average Bonchev–Trinajstić information content (AvgIpc) is 2.01. The van der Waals surface area contributed by atoms with E-state index < -0.39 is 10.0 Å². The SMILES string of the molecule is CC(CS(N)(=O)=O)c1ccccc1Cl. The summed E-state index contributed by atoms with van der Waals surface area (Å²) in [6.45, 7) is 1.78. The largest absolute Gasteiger partial charge is 0.229 e. The minimum absolute atomic E-state index is 0.0866. The lowest BCUT2D eigenvalue weighted by Crippen LogP contribution is -2.20. The van der Waals surface area contributed by atoms with Gasteiger partial charge in [0.25, 0.3) is 0 Å². The Morgan fingerprint density at radius 3 is 2.50 bits per heavy atom. The molecule has 3 nitrogen and oxygen atoms in total. The molecular weight excluding hydrogens is 222 g/mol. The zero-order valence-corrected chi connectivity index (χ0v) is 9.35. The van der Waals surface area contributed by atoms with Crippen molar-refractivity contribution in [3.05, 3.63) is 34.9 Å². The second-order valence-electron chi connectivity index (χ2n) is 3.25. The predicted molar refractivity (Wildman–Crippen MR) is 57.8 cm³/mol. The van der Waals surface area contributed by atoms with Gasteiger partial charge in [-0.3, -0.25) is 0 Å². The Labute approximate surface area is 88.9 Å². The second-order valence-corrected chi connectivity index (χ2v) is 5.32. The molecule has 1 rings (SSSR count). The summed E-state index contributed by atoms with van der Waals surface area (Å²) in [7, 11) is -3.45. The van der Waals surface area contributed by atoms with Gasteiger partial charge in [-0.15, -0.1) is 0 Å². The highest BCUT2D eigenvalue weighted by Gasteiger charge is 2.14. The molecule has 0 aliphatic carbocycles. The fraction of sp³-hybridized carbons (Fsp3) is 0.333. The van der Waals surface area contributed by atoms with Crippen LogP contribution in [0.1, 0.15) is 18.4 Å². The highest BCUT2D eigenvalue weighted by molar-refractivity contribution is 7.89. The van der Waals surface area contributed by atoms with E-state index in [0.717, 1.165) is 5.56 Å². The number of primary sulfonamides is 1. The first kappa shape index (κ1) is 11.5. The van der Waals surface area contributed by atoms with Crippen molar-refractivity contribution >= 4 is 21.6 Å². The lowest BCUT2D eigenvalue weighted by molar-refractivity contribution is 0.592. The minimum atomic E-state index is -3.45. The van der Waals surface area contributed by atoms with E-state index in [-0.39, 0.29) is 11.7 Å². The first-order valence-electron chi connectivity index (χ1n) is 4.15. The van der Waals surface area contributed by atoms with Crippen molar-refractivity contribution in [2.24, 2.45) is 5.14 Å². The highest BCUT2D eigenvalue weighted by atomic mass is 35.5. The van der Waals surface area contributed by atoms with Crippen LogP contribution in [0.3, 0.4) is 0 Å². The Kier molecular flexibility index (Phi) is 3.53. The summed E-state index contributed by atoms with van der Waals surface area (Å²) >= 11 is 5.91. The fourth-order valence-electron chi connectivity index (χ4n) is 1.31. The third kappa shape index (κ3) is 3.29. The Morgan fingerprint density at radius 2 is 2.00 bits per heavy atom. The quantitative estimate of drug-likeness (QED) is 0.865. The third-order valence-electron chi connectivity index (χ3n) is 1.92. The van der Waals surface area contributed by atoms with E-state index in [1.165, 1.54) is 0 Å². The summed E-state index contributed by atoms with van der Waals surface area (Å²) in [5.41, 5.74) is 0.809. The van der Waals surface area contributed by atoms with Crippen LogP contribution >= 0.6 is 11.6 Å². The molecule has 0 fully saturated rings. The normalized spacial score (nSPS) is 13.9. The zero-order chi connectivity index (χ0) is 10.8. The molecule has 14 heavy (non-hydrogen) atoms. The number of sulfonamides is 1. The van der Waals surface area contributed by atoms with Crippen LogP contribution in [0.25, 0.3) is 0 Å². The van der Waals surface area contributed by atoms with Gasteiger partial charge in [-0.05, 0) is 17.5 Å². The summed E-state index contributed by atoms with van der Waals surface area (Å²) in [6, 6.07) is 7.16. The van der Waals surface area contributed by atoms with Gasteiger partial charge in [-0.25, -0.2) is 13.6 Å². The van der Waals surface area contributed by atoms with Crippen molar-refractivity contribution in [2.45, 2.75) is 12.8 Å². The number of hydrogen-bond donors (Lipinski definition) is 1. The minimum Gasteiger partial charge on any atom is -0.229 e. The van der Waals surface area contributed by atoms with E-state index in [1.807, 2.05) is 6.07 Å². The van der Waals surface area contributed by atoms with Gasteiger partial charge in [-0.2, -0.15) is 0 Å².